The molecule has 34 heavy (non-hydrogen) atoms. The molecule has 0 fully saturated rings. The van der Waals surface area contributed by atoms with E-state index in [4.69, 9.17) is 14.0 Å². The summed E-state index contributed by atoms with van der Waals surface area (Å²) in [7, 11) is 3.66. The van der Waals surface area contributed by atoms with Crippen molar-refractivity contribution in [1.82, 2.24) is 0 Å². The van der Waals surface area contributed by atoms with E-state index in [0.29, 0.717) is 29.0 Å². The highest BCUT2D eigenvalue weighted by Crippen LogP contribution is 2.61. The van der Waals surface area contributed by atoms with Crippen LogP contribution in [0.15, 0.2) is 72.8 Å². The zero-order valence-corrected chi connectivity index (χ0v) is 21.7. The molecule has 0 saturated heterocycles. The van der Waals surface area contributed by atoms with Gasteiger partial charge in [-0.25, -0.2) is 0 Å². The third-order valence-corrected chi connectivity index (χ3v) is 8.11. The number of rotatable bonds is 11. The van der Waals surface area contributed by atoms with Crippen molar-refractivity contribution >= 4 is 24.0 Å². The molecule has 0 heterocycles. The molecule has 182 valence electrons. The summed E-state index contributed by atoms with van der Waals surface area (Å²) in [6.45, 7) is 4.45. The van der Waals surface area contributed by atoms with Crippen LogP contribution in [0, 0.1) is 5.92 Å². The smallest absolute Gasteiger partial charge is 0.258 e. The molecule has 0 amide bonds. The maximum absolute atomic E-state index is 15.0. The van der Waals surface area contributed by atoms with Crippen molar-refractivity contribution in [3.05, 3.63) is 78.4 Å². The normalized spacial score (nSPS) is 13.7. The second kappa shape index (κ2) is 11.5. The Balaban J connectivity index is 2.22. The van der Waals surface area contributed by atoms with Gasteiger partial charge in [0, 0.05) is 36.3 Å². The van der Waals surface area contributed by atoms with Crippen molar-refractivity contribution in [3.63, 3.8) is 0 Å². The summed E-state index contributed by atoms with van der Waals surface area (Å²) in [5.74, 6) is 0.754. The van der Waals surface area contributed by atoms with Gasteiger partial charge < -0.3 is 24.2 Å². The second-order valence-electron chi connectivity index (χ2n) is 8.72. The van der Waals surface area contributed by atoms with Crippen LogP contribution in [-0.4, -0.2) is 34.9 Å². The van der Waals surface area contributed by atoms with Gasteiger partial charge in [-0.15, -0.1) is 0 Å². The van der Waals surface area contributed by atoms with Crippen LogP contribution in [0.1, 0.15) is 25.2 Å². The summed E-state index contributed by atoms with van der Waals surface area (Å²) < 4.78 is 32.5. The average Bonchev–Trinajstić information content (AvgIpc) is 2.86. The predicted molar refractivity (Wildman–Crippen MR) is 141 cm³/mol. The molecule has 0 radical (unpaired) electrons. The molecule has 0 aliphatic rings. The number of hydrogen-bond donors (Lipinski definition) is 1. The first-order valence-corrected chi connectivity index (χ1v) is 13.0. The van der Waals surface area contributed by atoms with Gasteiger partial charge in [0.15, 0.2) is 0 Å². The minimum atomic E-state index is -3.51. The molecule has 3 rings (SSSR count). The van der Waals surface area contributed by atoms with Crippen LogP contribution in [0.5, 0.6) is 11.5 Å². The second-order valence-corrected chi connectivity index (χ2v) is 11.2. The van der Waals surface area contributed by atoms with Gasteiger partial charge in [-0.3, -0.25) is 4.57 Å². The molecule has 0 aliphatic heterocycles. The number of ether oxygens (including phenoxy) is 2. The molecule has 1 N–H and O–H groups in total. The highest BCUT2D eigenvalue weighted by Gasteiger charge is 2.40. The molecule has 0 saturated carbocycles. The third kappa shape index (κ3) is 5.94. The predicted octanol–water partition coefficient (Wildman–Crippen LogP) is 6.16. The fraction of sp³-hybridized carbons (Fsp3) is 0.333. The Labute approximate surface area is 203 Å². The summed E-state index contributed by atoms with van der Waals surface area (Å²) in [6, 6.07) is 22.9. The van der Waals surface area contributed by atoms with E-state index in [1.54, 1.807) is 14.2 Å². The van der Waals surface area contributed by atoms with Crippen LogP contribution in [0.3, 0.4) is 0 Å². The summed E-state index contributed by atoms with van der Waals surface area (Å²) in [6.07, 6.45) is 0. The average molecular weight is 483 g/mol. The van der Waals surface area contributed by atoms with E-state index in [1.165, 1.54) is 0 Å². The van der Waals surface area contributed by atoms with E-state index >= 15 is 0 Å². The number of nitrogens with one attached hydrogen (secondary N) is 1. The molecular weight excluding hydrogens is 447 g/mol. The van der Waals surface area contributed by atoms with Gasteiger partial charge in [0.05, 0.1) is 20.8 Å². The van der Waals surface area contributed by atoms with Gasteiger partial charge in [-0.2, -0.15) is 0 Å². The van der Waals surface area contributed by atoms with Gasteiger partial charge in [-0.05, 0) is 60.5 Å². The maximum atomic E-state index is 15.0. The number of para-hydroxylation sites is 1. The highest BCUT2D eigenvalue weighted by atomic mass is 31.2. The molecule has 3 aromatic carbocycles. The Bertz CT molecular complexity index is 1100. The SMILES string of the molecule is COc1ccc(OC)c([C@H](Nc2ccccc2)[P@](=O)(OCC(C)C)c2ccc(N(C)C)cc2)c1. The summed E-state index contributed by atoms with van der Waals surface area (Å²) in [5, 5.41) is 4.12. The van der Waals surface area contributed by atoms with Crippen molar-refractivity contribution in [1.29, 1.82) is 0 Å². The number of anilines is 2. The van der Waals surface area contributed by atoms with Crippen LogP contribution in [0.25, 0.3) is 0 Å². The molecule has 3 aromatic rings. The van der Waals surface area contributed by atoms with E-state index in [0.717, 1.165) is 11.4 Å². The van der Waals surface area contributed by atoms with E-state index in [9.17, 15) is 4.57 Å². The van der Waals surface area contributed by atoms with Crippen molar-refractivity contribution in [2.24, 2.45) is 5.92 Å². The van der Waals surface area contributed by atoms with Crippen LogP contribution in [0.2, 0.25) is 0 Å². The molecule has 7 heteroatoms. The third-order valence-electron chi connectivity index (χ3n) is 5.47. The molecule has 0 aliphatic carbocycles. The van der Waals surface area contributed by atoms with Crippen LogP contribution in [0.4, 0.5) is 11.4 Å². The Morgan fingerprint density at radius 3 is 2.15 bits per heavy atom. The van der Waals surface area contributed by atoms with Gasteiger partial charge in [-0.1, -0.05) is 32.0 Å². The van der Waals surface area contributed by atoms with Gasteiger partial charge in [0.25, 0.3) is 7.37 Å². The fourth-order valence-corrected chi connectivity index (χ4v) is 6.18. The Morgan fingerprint density at radius 1 is 0.912 bits per heavy atom. The zero-order valence-electron chi connectivity index (χ0n) is 20.8. The topological polar surface area (TPSA) is 60.0 Å². The van der Waals surface area contributed by atoms with Crippen molar-refractivity contribution in [2.45, 2.75) is 19.6 Å². The molecule has 0 spiro atoms. The lowest BCUT2D eigenvalue weighted by molar-refractivity contribution is 0.272. The number of hydrogen-bond acceptors (Lipinski definition) is 6. The standard InChI is InChI=1S/C27H35N2O4P/c1-20(2)19-33-34(30,24-15-12-22(13-16-24)29(3)4)27(28-21-10-8-7-9-11-21)25-18-23(31-5)14-17-26(25)32-6/h7-18,20,27-28H,19H2,1-6H3/t27-,34-/m1/s1. The lowest BCUT2D eigenvalue weighted by atomic mass is 10.1. The first-order valence-electron chi connectivity index (χ1n) is 11.3. The zero-order chi connectivity index (χ0) is 24.7. The Hall–Kier alpha value is -2.95. The highest BCUT2D eigenvalue weighted by molar-refractivity contribution is 7.67. The van der Waals surface area contributed by atoms with E-state index < -0.39 is 13.2 Å². The van der Waals surface area contributed by atoms with Crippen molar-refractivity contribution < 1.29 is 18.6 Å². The fourth-order valence-electron chi connectivity index (χ4n) is 3.61. The van der Waals surface area contributed by atoms with E-state index in [2.05, 4.69) is 5.32 Å². The van der Waals surface area contributed by atoms with E-state index in [1.807, 2.05) is 106 Å². The molecule has 6 nitrogen and oxygen atoms in total. The Kier molecular flexibility index (Phi) is 8.65. The van der Waals surface area contributed by atoms with Crippen LogP contribution in [-0.2, 0) is 9.09 Å². The van der Waals surface area contributed by atoms with Crippen molar-refractivity contribution in [2.75, 3.05) is 45.1 Å². The molecular formula is C27H35N2O4P. The molecule has 0 unspecified atom stereocenters. The lowest BCUT2D eigenvalue weighted by Gasteiger charge is -2.31. The number of benzene rings is 3. The minimum absolute atomic E-state index is 0.207. The van der Waals surface area contributed by atoms with Gasteiger partial charge in [0.1, 0.15) is 17.3 Å². The van der Waals surface area contributed by atoms with Crippen molar-refractivity contribution in [3.8, 4) is 11.5 Å². The lowest BCUT2D eigenvalue weighted by Crippen LogP contribution is -2.22. The molecule has 0 aromatic heterocycles. The van der Waals surface area contributed by atoms with Crippen LogP contribution < -0.4 is 25.0 Å². The largest absolute Gasteiger partial charge is 0.497 e. The minimum Gasteiger partial charge on any atom is -0.497 e. The van der Waals surface area contributed by atoms with Gasteiger partial charge >= 0.3 is 0 Å². The number of methoxy groups -OCH3 is 2. The first-order chi connectivity index (χ1) is 16.3. The van der Waals surface area contributed by atoms with E-state index in [-0.39, 0.29) is 5.92 Å². The first kappa shape index (κ1) is 25.7. The summed E-state index contributed by atoms with van der Waals surface area (Å²) >= 11 is 0. The summed E-state index contributed by atoms with van der Waals surface area (Å²) in [5.41, 5.74) is 2.55. The summed E-state index contributed by atoms with van der Waals surface area (Å²) in [4.78, 5) is 2.01. The molecule has 0 bridgehead atoms. The maximum Gasteiger partial charge on any atom is 0.258 e. The molecule has 2 atom stereocenters. The monoisotopic (exact) mass is 482 g/mol. The Morgan fingerprint density at radius 2 is 1.59 bits per heavy atom. The number of nitrogens with zero attached hydrogens (tertiary/aromatic N) is 1. The van der Waals surface area contributed by atoms with Gasteiger partial charge in [0.2, 0.25) is 0 Å². The quantitative estimate of drug-likeness (QED) is 0.331. The van der Waals surface area contributed by atoms with Crippen LogP contribution >= 0.6 is 7.37 Å².